The number of benzene rings is 1. The Bertz CT molecular complexity index is 985. The quantitative estimate of drug-likeness (QED) is 0.550. The minimum Gasteiger partial charge on any atom is -0.339 e. The number of hydrogen-bond acceptors (Lipinski definition) is 3. The predicted molar refractivity (Wildman–Crippen MR) is 121 cm³/mol. The van der Waals surface area contributed by atoms with Gasteiger partial charge < -0.3 is 9.47 Å². The summed E-state index contributed by atoms with van der Waals surface area (Å²) in [6.45, 7) is 2.81. The van der Waals surface area contributed by atoms with Gasteiger partial charge in [0.05, 0.1) is 11.7 Å². The van der Waals surface area contributed by atoms with Crippen LogP contribution in [-0.2, 0) is 19.5 Å². The van der Waals surface area contributed by atoms with Crippen molar-refractivity contribution in [3.05, 3.63) is 77.8 Å². The summed E-state index contributed by atoms with van der Waals surface area (Å²) in [6, 6.07) is 15.8. The number of hydrogen-bond donors (Lipinski definition) is 0. The molecule has 0 spiro atoms. The van der Waals surface area contributed by atoms with Crippen LogP contribution >= 0.6 is 0 Å². The fourth-order valence-electron chi connectivity index (χ4n) is 4.46. The maximum atomic E-state index is 4.74. The highest BCUT2D eigenvalue weighted by molar-refractivity contribution is 5.81. The number of nitrogens with zero attached hydrogens (tertiary/aromatic N) is 4. The zero-order valence-corrected chi connectivity index (χ0v) is 17.9. The van der Waals surface area contributed by atoms with Crippen molar-refractivity contribution in [3.8, 4) is 0 Å². The van der Waals surface area contributed by atoms with Crippen LogP contribution in [0.1, 0.15) is 35.8 Å². The fraction of sp³-hybridized carbons (Fsp3) is 0.400. The van der Waals surface area contributed by atoms with Crippen molar-refractivity contribution in [2.45, 2.75) is 38.4 Å². The molecule has 4 nitrogen and oxygen atoms in total. The average Bonchev–Trinajstić information content (AvgIpc) is 3.07. The van der Waals surface area contributed by atoms with Crippen LogP contribution in [0.25, 0.3) is 10.9 Å². The number of para-hydroxylation sites is 1. The lowest BCUT2D eigenvalue weighted by Crippen LogP contribution is -2.29. The fourth-order valence-corrected chi connectivity index (χ4v) is 4.46. The van der Waals surface area contributed by atoms with Gasteiger partial charge in [0.25, 0.3) is 0 Å². The smallest absolute Gasteiger partial charge is 0.0607 e. The zero-order valence-electron chi connectivity index (χ0n) is 17.9. The first-order valence-electron chi connectivity index (χ1n) is 10.6. The van der Waals surface area contributed by atoms with Crippen molar-refractivity contribution >= 4 is 10.9 Å². The van der Waals surface area contributed by atoms with Gasteiger partial charge in [0, 0.05) is 37.0 Å². The third-order valence-corrected chi connectivity index (χ3v) is 5.93. The molecule has 4 heteroatoms. The van der Waals surface area contributed by atoms with Crippen molar-refractivity contribution in [1.82, 2.24) is 19.4 Å². The summed E-state index contributed by atoms with van der Waals surface area (Å²) in [7, 11) is 6.45. The number of pyridine rings is 1. The molecule has 1 unspecified atom stereocenters. The summed E-state index contributed by atoms with van der Waals surface area (Å²) >= 11 is 0. The maximum absolute atomic E-state index is 4.74. The lowest BCUT2D eigenvalue weighted by Gasteiger charge is -2.32. The predicted octanol–water partition coefficient (Wildman–Crippen LogP) is 4.66. The Hall–Kier alpha value is -2.43. The third-order valence-electron chi connectivity index (χ3n) is 5.93. The highest BCUT2D eigenvalue weighted by Crippen LogP contribution is 2.33. The molecule has 0 amide bonds. The van der Waals surface area contributed by atoms with E-state index in [9.17, 15) is 0 Å². The van der Waals surface area contributed by atoms with Crippen LogP contribution in [0.2, 0.25) is 0 Å². The summed E-state index contributed by atoms with van der Waals surface area (Å²) in [6.07, 6.45) is 10.1. The Morgan fingerprint density at radius 2 is 1.97 bits per heavy atom. The van der Waals surface area contributed by atoms with Crippen molar-refractivity contribution in [2.24, 2.45) is 0 Å². The first-order chi connectivity index (χ1) is 14.1. The van der Waals surface area contributed by atoms with E-state index in [2.05, 4.69) is 90.1 Å². The molecule has 29 heavy (non-hydrogen) atoms. The minimum atomic E-state index is 0.399. The molecule has 0 saturated heterocycles. The molecule has 2 heterocycles. The van der Waals surface area contributed by atoms with E-state index >= 15 is 0 Å². The van der Waals surface area contributed by atoms with Crippen molar-refractivity contribution < 1.29 is 0 Å². The van der Waals surface area contributed by atoms with E-state index in [4.69, 9.17) is 4.98 Å². The van der Waals surface area contributed by atoms with Crippen molar-refractivity contribution in [1.29, 1.82) is 0 Å². The first kappa shape index (κ1) is 19.9. The highest BCUT2D eigenvalue weighted by Gasteiger charge is 2.25. The molecule has 1 atom stereocenters. The van der Waals surface area contributed by atoms with Crippen LogP contribution in [-0.4, -0.2) is 47.0 Å². The third kappa shape index (κ3) is 4.44. The van der Waals surface area contributed by atoms with Gasteiger partial charge in [-0.1, -0.05) is 36.4 Å². The van der Waals surface area contributed by atoms with Crippen LogP contribution in [0.15, 0.2) is 60.8 Å². The van der Waals surface area contributed by atoms with Crippen LogP contribution in [0.4, 0.5) is 0 Å². The molecule has 2 aromatic heterocycles. The van der Waals surface area contributed by atoms with E-state index in [1.54, 1.807) is 0 Å². The van der Waals surface area contributed by atoms with E-state index in [0.29, 0.717) is 6.04 Å². The number of fused-ring (bicyclic) bond motifs is 2. The Balaban J connectivity index is 1.59. The van der Waals surface area contributed by atoms with Gasteiger partial charge in [-0.3, -0.25) is 9.88 Å². The van der Waals surface area contributed by atoms with Crippen LogP contribution in [0.5, 0.6) is 0 Å². The summed E-state index contributed by atoms with van der Waals surface area (Å²) in [5.74, 6) is 0. The summed E-state index contributed by atoms with van der Waals surface area (Å²) in [5.41, 5.74) is 5.37. The number of rotatable bonds is 7. The van der Waals surface area contributed by atoms with E-state index < -0.39 is 0 Å². The van der Waals surface area contributed by atoms with E-state index in [1.807, 2.05) is 6.20 Å². The second-order valence-electron chi connectivity index (χ2n) is 8.41. The average molecular weight is 389 g/mol. The van der Waals surface area contributed by atoms with Gasteiger partial charge in [0.1, 0.15) is 0 Å². The second kappa shape index (κ2) is 8.93. The number of aromatic nitrogens is 2. The lowest BCUT2D eigenvalue weighted by molar-refractivity contribution is 0.204. The molecule has 0 N–H and O–H groups in total. The normalized spacial score (nSPS) is 16.9. The molecule has 0 fully saturated rings. The molecule has 1 aliphatic carbocycles. The molecule has 3 aromatic rings. The first-order valence-corrected chi connectivity index (χ1v) is 10.6. The van der Waals surface area contributed by atoms with Crippen LogP contribution < -0.4 is 0 Å². The van der Waals surface area contributed by atoms with Gasteiger partial charge >= 0.3 is 0 Å². The molecule has 0 bridgehead atoms. The second-order valence-corrected chi connectivity index (χ2v) is 8.41. The topological polar surface area (TPSA) is 24.3 Å². The molecule has 0 aliphatic heterocycles. The summed E-state index contributed by atoms with van der Waals surface area (Å²) < 4.78 is 2.46. The van der Waals surface area contributed by atoms with E-state index in [-0.39, 0.29) is 0 Å². The van der Waals surface area contributed by atoms with Gasteiger partial charge in [-0.25, -0.2) is 0 Å². The molecule has 4 rings (SSSR count). The largest absolute Gasteiger partial charge is 0.339 e. The Morgan fingerprint density at radius 3 is 2.83 bits per heavy atom. The minimum absolute atomic E-state index is 0.399. The highest BCUT2D eigenvalue weighted by atomic mass is 15.2. The van der Waals surface area contributed by atoms with Gasteiger partial charge in [-0.2, -0.15) is 0 Å². The Labute approximate surface area is 174 Å². The van der Waals surface area contributed by atoms with E-state index in [0.717, 1.165) is 26.1 Å². The summed E-state index contributed by atoms with van der Waals surface area (Å²) in [5, 5.41) is 1.32. The van der Waals surface area contributed by atoms with Crippen LogP contribution in [0.3, 0.4) is 0 Å². The van der Waals surface area contributed by atoms with Gasteiger partial charge in [0.15, 0.2) is 0 Å². The molecule has 152 valence electrons. The molecule has 1 aliphatic rings. The zero-order chi connectivity index (χ0) is 20.2. The van der Waals surface area contributed by atoms with Gasteiger partial charge in [0.2, 0.25) is 0 Å². The molecular weight excluding hydrogens is 356 g/mol. The van der Waals surface area contributed by atoms with E-state index in [1.165, 1.54) is 40.7 Å². The standard InChI is InChI=1S/C25H32N4/c1-27(2)16-6-7-17-29-22(18-21-10-4-5-13-23(21)29)19-28(3)24-14-8-11-20-12-9-15-26-25(20)24/h4-7,9-10,12-13,15,18,24H,8,11,14,16-17,19H2,1-3H3/b7-6-. The van der Waals surface area contributed by atoms with Crippen molar-refractivity contribution in [3.63, 3.8) is 0 Å². The van der Waals surface area contributed by atoms with Gasteiger partial charge in [-0.05, 0) is 69.6 Å². The Morgan fingerprint density at radius 1 is 1.10 bits per heavy atom. The lowest BCUT2D eigenvalue weighted by atomic mass is 9.91. The molecule has 1 aromatic carbocycles. The maximum Gasteiger partial charge on any atom is 0.0607 e. The van der Waals surface area contributed by atoms with Gasteiger partial charge in [-0.15, -0.1) is 0 Å². The summed E-state index contributed by atoms with van der Waals surface area (Å²) in [4.78, 5) is 9.41. The molecule has 0 saturated carbocycles. The SMILES string of the molecule is CN(C)C/C=C\Cn1c(CN(C)C2CCCc3cccnc32)cc2ccccc21. The van der Waals surface area contributed by atoms with Crippen LogP contribution in [0, 0.1) is 0 Å². The molecule has 0 radical (unpaired) electrons. The number of allylic oxidation sites excluding steroid dienone is 1. The van der Waals surface area contributed by atoms with Crippen molar-refractivity contribution in [2.75, 3.05) is 27.7 Å². The molecular formula is C25H32N4. The monoisotopic (exact) mass is 388 g/mol. The number of aryl methyl sites for hydroxylation is 1. The Kier molecular flexibility index (Phi) is 6.12. The number of likely N-dealkylation sites (N-methyl/N-ethyl adjacent to an activating group) is 1.